The van der Waals surface area contributed by atoms with Crippen LogP contribution in [-0.2, 0) is 27.3 Å². The van der Waals surface area contributed by atoms with E-state index in [1.54, 1.807) is 48.5 Å². The largest absolute Gasteiger partial charge is 0.456 e. The van der Waals surface area contributed by atoms with Gasteiger partial charge in [-0.2, -0.15) is 0 Å². The maximum absolute atomic E-state index is 12.0. The predicted molar refractivity (Wildman–Crippen MR) is 105 cm³/mol. The molecule has 1 heterocycles. The molecule has 144 valence electrons. The minimum atomic E-state index is -0.544. The third kappa shape index (κ3) is 5.40. The van der Waals surface area contributed by atoms with Crippen molar-refractivity contribution in [2.24, 2.45) is 0 Å². The van der Waals surface area contributed by atoms with Crippen molar-refractivity contribution in [2.75, 3.05) is 6.61 Å². The summed E-state index contributed by atoms with van der Waals surface area (Å²) in [6.45, 7) is -0.0517. The molecule has 0 unspecified atom stereocenters. The predicted octanol–water partition coefficient (Wildman–Crippen LogP) is 2.37. The number of aromatic amines is 1. The normalized spacial score (nSPS) is 10.6. The van der Waals surface area contributed by atoms with Crippen LogP contribution < -0.4 is 10.9 Å². The molecule has 3 aromatic rings. The Bertz CT molecular complexity index is 1050. The van der Waals surface area contributed by atoms with E-state index in [1.165, 1.54) is 0 Å². The summed E-state index contributed by atoms with van der Waals surface area (Å²) < 4.78 is 4.96. The van der Waals surface area contributed by atoms with Gasteiger partial charge < -0.3 is 15.0 Å². The van der Waals surface area contributed by atoms with Crippen molar-refractivity contribution in [3.8, 4) is 0 Å². The zero-order valence-corrected chi connectivity index (χ0v) is 15.7. The molecule has 0 bridgehead atoms. The van der Waals surface area contributed by atoms with Crippen molar-refractivity contribution in [2.45, 2.75) is 19.4 Å². The van der Waals surface area contributed by atoms with Crippen LogP contribution in [0.1, 0.15) is 17.8 Å². The van der Waals surface area contributed by atoms with Gasteiger partial charge in [-0.3, -0.25) is 14.4 Å². The molecule has 0 saturated carbocycles. The summed E-state index contributed by atoms with van der Waals surface area (Å²) in [5.41, 5.74) is 1.20. The summed E-state index contributed by atoms with van der Waals surface area (Å²) in [6, 6.07) is 14.0. The van der Waals surface area contributed by atoms with Crippen LogP contribution in [-0.4, -0.2) is 28.5 Å². The zero-order valence-electron chi connectivity index (χ0n) is 14.9. The number of ether oxygens (including phenoxy) is 1. The van der Waals surface area contributed by atoms with E-state index in [2.05, 4.69) is 15.3 Å². The van der Waals surface area contributed by atoms with Gasteiger partial charge in [-0.1, -0.05) is 35.9 Å². The number of aryl methyl sites for hydroxylation is 1. The van der Waals surface area contributed by atoms with Crippen LogP contribution in [0.5, 0.6) is 0 Å². The number of nitrogens with zero attached hydrogens (tertiary/aromatic N) is 1. The van der Waals surface area contributed by atoms with Gasteiger partial charge in [-0.15, -0.1) is 0 Å². The van der Waals surface area contributed by atoms with Gasteiger partial charge in [0.25, 0.3) is 11.5 Å². The number of amides is 1. The molecule has 0 aliphatic carbocycles. The third-order valence-electron chi connectivity index (χ3n) is 4.00. The van der Waals surface area contributed by atoms with Crippen molar-refractivity contribution in [1.82, 2.24) is 15.3 Å². The third-order valence-corrected chi connectivity index (χ3v) is 4.25. The average molecular weight is 400 g/mol. The Labute approximate surface area is 165 Å². The first-order valence-electron chi connectivity index (χ1n) is 8.66. The van der Waals surface area contributed by atoms with Crippen LogP contribution in [0.2, 0.25) is 5.02 Å². The zero-order chi connectivity index (χ0) is 19.9. The van der Waals surface area contributed by atoms with Gasteiger partial charge in [0.1, 0.15) is 5.82 Å². The highest BCUT2D eigenvalue weighted by atomic mass is 35.5. The van der Waals surface area contributed by atoms with Gasteiger partial charge in [-0.25, -0.2) is 4.98 Å². The SMILES string of the molecule is O=C(COC(=O)CCc1nc2ccccc2c(=O)[nH]1)NCc1ccc(Cl)cc1. The molecular weight excluding hydrogens is 382 g/mol. The Balaban J connectivity index is 1.43. The lowest BCUT2D eigenvalue weighted by molar-refractivity contribution is -0.148. The summed E-state index contributed by atoms with van der Waals surface area (Å²) >= 11 is 5.80. The molecule has 3 rings (SSSR count). The molecule has 0 atom stereocenters. The molecule has 1 aromatic heterocycles. The maximum Gasteiger partial charge on any atom is 0.306 e. The van der Waals surface area contributed by atoms with E-state index >= 15 is 0 Å². The van der Waals surface area contributed by atoms with E-state index in [9.17, 15) is 14.4 Å². The van der Waals surface area contributed by atoms with Gasteiger partial charge >= 0.3 is 5.97 Å². The van der Waals surface area contributed by atoms with Crippen LogP contribution in [0.15, 0.2) is 53.3 Å². The number of nitrogens with one attached hydrogen (secondary N) is 2. The van der Waals surface area contributed by atoms with Gasteiger partial charge in [0.15, 0.2) is 6.61 Å². The van der Waals surface area contributed by atoms with E-state index in [0.717, 1.165) is 5.56 Å². The molecule has 0 fully saturated rings. The minimum absolute atomic E-state index is 0.00570. The number of hydrogen-bond acceptors (Lipinski definition) is 5. The molecule has 2 N–H and O–H groups in total. The number of carbonyl (C=O) groups is 2. The number of esters is 1. The van der Waals surface area contributed by atoms with Gasteiger partial charge in [0.05, 0.1) is 17.3 Å². The number of hydrogen-bond donors (Lipinski definition) is 2. The topological polar surface area (TPSA) is 101 Å². The van der Waals surface area contributed by atoms with Crippen molar-refractivity contribution < 1.29 is 14.3 Å². The summed E-state index contributed by atoms with van der Waals surface area (Å²) in [5, 5.41) is 3.76. The van der Waals surface area contributed by atoms with E-state index < -0.39 is 11.9 Å². The Morgan fingerprint density at radius 1 is 1.11 bits per heavy atom. The summed E-state index contributed by atoms with van der Waals surface area (Å²) in [7, 11) is 0. The minimum Gasteiger partial charge on any atom is -0.456 e. The van der Waals surface area contributed by atoms with Crippen LogP contribution >= 0.6 is 11.6 Å². The first-order valence-corrected chi connectivity index (χ1v) is 9.04. The fraction of sp³-hybridized carbons (Fsp3) is 0.200. The second kappa shape index (κ2) is 9.14. The molecule has 0 saturated heterocycles. The Hall–Kier alpha value is -3.19. The lowest BCUT2D eigenvalue weighted by atomic mass is 10.2. The van der Waals surface area contributed by atoms with Crippen molar-refractivity contribution in [3.05, 3.63) is 75.3 Å². The highest BCUT2D eigenvalue weighted by Gasteiger charge is 2.10. The summed E-state index contributed by atoms with van der Waals surface area (Å²) in [5.74, 6) is -0.550. The van der Waals surface area contributed by atoms with E-state index in [-0.39, 0.29) is 25.0 Å². The van der Waals surface area contributed by atoms with Gasteiger partial charge in [0, 0.05) is 18.0 Å². The molecule has 28 heavy (non-hydrogen) atoms. The monoisotopic (exact) mass is 399 g/mol. The second-order valence-electron chi connectivity index (χ2n) is 6.09. The van der Waals surface area contributed by atoms with Crippen molar-refractivity contribution in [3.63, 3.8) is 0 Å². The van der Waals surface area contributed by atoms with E-state index in [1.807, 2.05) is 0 Å². The van der Waals surface area contributed by atoms with Crippen LogP contribution in [0.3, 0.4) is 0 Å². The molecule has 1 amide bonds. The smallest absolute Gasteiger partial charge is 0.306 e. The standard InChI is InChI=1S/C20H18ClN3O4/c21-14-7-5-13(6-8-14)11-22-18(25)12-28-19(26)10-9-17-23-16-4-2-1-3-15(16)20(27)24-17/h1-8H,9-12H2,(H,22,25)(H,23,24,27). The highest BCUT2D eigenvalue weighted by Crippen LogP contribution is 2.09. The first-order chi connectivity index (χ1) is 13.5. The summed E-state index contributed by atoms with van der Waals surface area (Å²) in [6.07, 6.45) is 0.219. The fourth-order valence-corrected chi connectivity index (χ4v) is 2.67. The van der Waals surface area contributed by atoms with Crippen LogP contribution in [0.25, 0.3) is 10.9 Å². The van der Waals surface area contributed by atoms with E-state index in [4.69, 9.17) is 16.3 Å². The van der Waals surface area contributed by atoms with Crippen LogP contribution in [0, 0.1) is 0 Å². The molecule has 0 aliphatic heterocycles. The van der Waals surface area contributed by atoms with Crippen molar-refractivity contribution in [1.29, 1.82) is 0 Å². The number of carbonyl (C=O) groups excluding carboxylic acids is 2. The molecule has 2 aromatic carbocycles. The Morgan fingerprint density at radius 2 is 1.86 bits per heavy atom. The Kier molecular flexibility index (Phi) is 6.39. The number of fused-ring (bicyclic) bond motifs is 1. The lowest BCUT2D eigenvalue weighted by Crippen LogP contribution is -2.28. The molecular formula is C20H18ClN3O4. The molecule has 0 radical (unpaired) electrons. The van der Waals surface area contributed by atoms with Crippen molar-refractivity contribution >= 4 is 34.4 Å². The summed E-state index contributed by atoms with van der Waals surface area (Å²) in [4.78, 5) is 42.6. The molecule has 0 spiro atoms. The first kappa shape index (κ1) is 19.6. The average Bonchev–Trinajstić information content (AvgIpc) is 2.70. The number of rotatable bonds is 7. The van der Waals surface area contributed by atoms with E-state index in [0.29, 0.717) is 28.3 Å². The fourth-order valence-electron chi connectivity index (χ4n) is 2.55. The molecule has 8 heteroatoms. The van der Waals surface area contributed by atoms with Gasteiger partial charge in [-0.05, 0) is 29.8 Å². The second-order valence-corrected chi connectivity index (χ2v) is 6.53. The van der Waals surface area contributed by atoms with Crippen LogP contribution in [0.4, 0.5) is 0 Å². The number of aromatic nitrogens is 2. The number of para-hydroxylation sites is 1. The molecule has 7 nitrogen and oxygen atoms in total. The molecule has 0 aliphatic rings. The Morgan fingerprint density at radius 3 is 2.64 bits per heavy atom. The van der Waals surface area contributed by atoms with Gasteiger partial charge in [0.2, 0.25) is 0 Å². The highest BCUT2D eigenvalue weighted by molar-refractivity contribution is 6.30. The number of H-pyrrole nitrogens is 1. The number of halogens is 1. The lowest BCUT2D eigenvalue weighted by Gasteiger charge is -2.07. The number of benzene rings is 2. The quantitative estimate of drug-likeness (QED) is 0.594. The maximum atomic E-state index is 12.0.